The number of hydrogen-bond acceptors (Lipinski definition) is 2. The molecular weight excluding hydrogens is 336 g/mol. The van der Waals surface area contributed by atoms with Crippen molar-refractivity contribution in [1.82, 2.24) is 14.9 Å². The molecule has 128 valence electrons. The Bertz CT molecular complexity index is 862. The van der Waals surface area contributed by atoms with Crippen molar-refractivity contribution >= 4 is 23.3 Å². The first-order valence-electron chi connectivity index (χ1n) is 7.95. The molecule has 2 aromatic carbocycles. The highest BCUT2D eigenvalue weighted by molar-refractivity contribution is 6.31. The molecular formula is C19H19ClN4O. The summed E-state index contributed by atoms with van der Waals surface area (Å²) >= 11 is 6.07. The normalized spacial score (nSPS) is 10.5. The van der Waals surface area contributed by atoms with E-state index in [-0.39, 0.29) is 6.03 Å². The van der Waals surface area contributed by atoms with Crippen molar-refractivity contribution in [2.45, 2.75) is 20.0 Å². The van der Waals surface area contributed by atoms with Crippen LogP contribution in [0.3, 0.4) is 0 Å². The van der Waals surface area contributed by atoms with E-state index in [9.17, 15) is 4.79 Å². The average molecular weight is 355 g/mol. The van der Waals surface area contributed by atoms with Gasteiger partial charge in [-0.2, -0.15) is 0 Å². The van der Waals surface area contributed by atoms with Gasteiger partial charge in [-0.3, -0.25) is 0 Å². The number of rotatable bonds is 5. The number of nitrogens with one attached hydrogen (secondary N) is 2. The van der Waals surface area contributed by atoms with Gasteiger partial charge in [-0.05, 0) is 35.7 Å². The van der Waals surface area contributed by atoms with Gasteiger partial charge in [0.25, 0.3) is 0 Å². The Hall–Kier alpha value is -2.79. The number of nitrogens with zero attached hydrogens (tertiary/aromatic N) is 2. The molecule has 2 N–H and O–H groups in total. The molecule has 0 fully saturated rings. The van der Waals surface area contributed by atoms with Crippen LogP contribution in [0.1, 0.15) is 16.7 Å². The van der Waals surface area contributed by atoms with Crippen LogP contribution in [0.15, 0.2) is 61.2 Å². The third kappa shape index (κ3) is 4.61. The molecule has 0 aliphatic carbocycles. The molecule has 5 nitrogen and oxygen atoms in total. The van der Waals surface area contributed by atoms with E-state index in [1.54, 1.807) is 18.6 Å². The van der Waals surface area contributed by atoms with Gasteiger partial charge in [0, 0.05) is 36.2 Å². The van der Waals surface area contributed by atoms with E-state index >= 15 is 0 Å². The van der Waals surface area contributed by atoms with E-state index < -0.39 is 0 Å². The SMILES string of the molecule is Cc1c(Cl)cccc1NC(=O)NCc1cccc(Cn2ccnc2)c1. The van der Waals surface area contributed by atoms with Gasteiger partial charge in [-0.1, -0.05) is 41.9 Å². The molecule has 3 aromatic rings. The van der Waals surface area contributed by atoms with E-state index in [1.165, 1.54) is 0 Å². The van der Waals surface area contributed by atoms with Crippen molar-refractivity contribution < 1.29 is 4.79 Å². The standard InChI is InChI=1S/C19H19ClN4O/c1-14-17(20)6-3-7-18(14)23-19(25)22-11-15-4-2-5-16(10-15)12-24-9-8-21-13-24/h2-10,13H,11-12H2,1H3,(H2,22,23,25). The molecule has 0 saturated carbocycles. The topological polar surface area (TPSA) is 59.0 Å². The largest absolute Gasteiger partial charge is 0.334 e. The van der Waals surface area contributed by atoms with E-state index in [0.717, 1.165) is 23.2 Å². The minimum absolute atomic E-state index is 0.259. The van der Waals surface area contributed by atoms with Crippen LogP contribution in [0.2, 0.25) is 5.02 Å². The zero-order valence-corrected chi connectivity index (χ0v) is 14.6. The van der Waals surface area contributed by atoms with Crippen LogP contribution in [-0.2, 0) is 13.1 Å². The van der Waals surface area contributed by atoms with E-state index in [2.05, 4.69) is 27.8 Å². The van der Waals surface area contributed by atoms with Gasteiger partial charge in [0.15, 0.2) is 0 Å². The lowest BCUT2D eigenvalue weighted by molar-refractivity contribution is 0.251. The molecule has 1 aromatic heterocycles. The van der Waals surface area contributed by atoms with Gasteiger partial charge in [0.1, 0.15) is 0 Å². The van der Waals surface area contributed by atoms with Crippen molar-refractivity contribution in [3.05, 3.63) is 82.9 Å². The summed E-state index contributed by atoms with van der Waals surface area (Å²) in [6.07, 6.45) is 5.46. The van der Waals surface area contributed by atoms with E-state index in [1.807, 2.05) is 42.0 Å². The third-order valence-corrected chi connectivity index (χ3v) is 4.29. The molecule has 0 saturated heterocycles. The Kier molecular flexibility index (Phi) is 5.36. The Morgan fingerprint density at radius 1 is 1.20 bits per heavy atom. The van der Waals surface area contributed by atoms with Crippen molar-refractivity contribution in [1.29, 1.82) is 0 Å². The first-order valence-corrected chi connectivity index (χ1v) is 8.33. The lowest BCUT2D eigenvalue weighted by Crippen LogP contribution is -2.28. The fraction of sp³-hybridized carbons (Fsp3) is 0.158. The highest BCUT2D eigenvalue weighted by Crippen LogP contribution is 2.22. The molecule has 6 heteroatoms. The number of imidazole rings is 1. The van der Waals surface area contributed by atoms with Crippen LogP contribution in [-0.4, -0.2) is 15.6 Å². The molecule has 0 unspecified atom stereocenters. The minimum Gasteiger partial charge on any atom is -0.334 e. The fourth-order valence-electron chi connectivity index (χ4n) is 2.52. The fourth-order valence-corrected chi connectivity index (χ4v) is 2.70. The molecule has 0 aliphatic heterocycles. The summed E-state index contributed by atoms with van der Waals surface area (Å²) in [6.45, 7) is 3.07. The number of anilines is 1. The van der Waals surface area contributed by atoms with Crippen LogP contribution in [0.5, 0.6) is 0 Å². The lowest BCUT2D eigenvalue weighted by atomic mass is 10.1. The summed E-state index contributed by atoms with van der Waals surface area (Å²) in [6, 6.07) is 13.3. The molecule has 0 aliphatic rings. The first-order chi connectivity index (χ1) is 12.1. The summed E-state index contributed by atoms with van der Waals surface area (Å²) in [5.41, 5.74) is 3.75. The summed E-state index contributed by atoms with van der Waals surface area (Å²) < 4.78 is 2.00. The quantitative estimate of drug-likeness (QED) is 0.720. The Labute approximate surface area is 151 Å². The minimum atomic E-state index is -0.259. The molecule has 0 radical (unpaired) electrons. The van der Waals surface area contributed by atoms with Crippen LogP contribution in [0.25, 0.3) is 0 Å². The van der Waals surface area contributed by atoms with Gasteiger partial charge in [-0.15, -0.1) is 0 Å². The van der Waals surface area contributed by atoms with Gasteiger partial charge >= 0.3 is 6.03 Å². The molecule has 25 heavy (non-hydrogen) atoms. The van der Waals surface area contributed by atoms with Crippen molar-refractivity contribution in [2.75, 3.05) is 5.32 Å². The zero-order chi connectivity index (χ0) is 17.6. The van der Waals surface area contributed by atoms with Crippen LogP contribution in [0, 0.1) is 6.92 Å². The molecule has 0 atom stereocenters. The summed E-state index contributed by atoms with van der Waals surface area (Å²) in [5, 5.41) is 6.32. The number of amides is 2. The maximum Gasteiger partial charge on any atom is 0.319 e. The number of carbonyl (C=O) groups is 1. The van der Waals surface area contributed by atoms with Crippen molar-refractivity contribution in [3.8, 4) is 0 Å². The molecule has 2 amide bonds. The second kappa shape index (κ2) is 7.85. The van der Waals surface area contributed by atoms with Gasteiger partial charge in [0.2, 0.25) is 0 Å². The lowest BCUT2D eigenvalue weighted by Gasteiger charge is -2.11. The Morgan fingerprint density at radius 3 is 2.80 bits per heavy atom. The van der Waals surface area contributed by atoms with Crippen LogP contribution >= 0.6 is 11.6 Å². The summed E-state index contributed by atoms with van der Waals surface area (Å²) in [5.74, 6) is 0. The Morgan fingerprint density at radius 2 is 2.00 bits per heavy atom. The summed E-state index contributed by atoms with van der Waals surface area (Å²) in [4.78, 5) is 16.2. The van der Waals surface area contributed by atoms with Gasteiger partial charge in [0.05, 0.1) is 6.33 Å². The van der Waals surface area contributed by atoms with Crippen LogP contribution in [0.4, 0.5) is 10.5 Å². The van der Waals surface area contributed by atoms with Crippen molar-refractivity contribution in [2.24, 2.45) is 0 Å². The Balaban J connectivity index is 1.57. The molecule has 0 spiro atoms. The zero-order valence-electron chi connectivity index (χ0n) is 13.9. The molecule has 1 heterocycles. The number of carbonyl (C=O) groups excluding carboxylic acids is 1. The summed E-state index contributed by atoms with van der Waals surface area (Å²) in [7, 11) is 0. The molecule has 0 bridgehead atoms. The van der Waals surface area contributed by atoms with Crippen molar-refractivity contribution in [3.63, 3.8) is 0 Å². The van der Waals surface area contributed by atoms with Gasteiger partial charge in [-0.25, -0.2) is 9.78 Å². The predicted molar refractivity (Wildman–Crippen MR) is 99.8 cm³/mol. The average Bonchev–Trinajstić information content (AvgIpc) is 3.10. The third-order valence-electron chi connectivity index (χ3n) is 3.88. The monoisotopic (exact) mass is 354 g/mol. The second-order valence-electron chi connectivity index (χ2n) is 5.78. The smallest absolute Gasteiger partial charge is 0.319 e. The number of urea groups is 1. The van der Waals surface area contributed by atoms with Gasteiger partial charge < -0.3 is 15.2 Å². The van der Waals surface area contributed by atoms with E-state index in [0.29, 0.717) is 17.3 Å². The first kappa shape index (κ1) is 17.0. The number of aromatic nitrogens is 2. The maximum absolute atomic E-state index is 12.1. The number of hydrogen-bond donors (Lipinski definition) is 2. The molecule has 3 rings (SSSR count). The maximum atomic E-state index is 12.1. The van der Waals surface area contributed by atoms with E-state index in [4.69, 9.17) is 11.6 Å². The highest BCUT2D eigenvalue weighted by atomic mass is 35.5. The number of halogens is 1. The second-order valence-corrected chi connectivity index (χ2v) is 6.18. The highest BCUT2D eigenvalue weighted by Gasteiger charge is 2.06. The predicted octanol–water partition coefficient (Wildman–Crippen LogP) is 4.21. The number of benzene rings is 2. The van der Waals surface area contributed by atoms with Crippen LogP contribution < -0.4 is 10.6 Å².